The van der Waals surface area contributed by atoms with Crippen molar-refractivity contribution in [2.24, 2.45) is 11.3 Å². The Kier molecular flexibility index (Phi) is 3.38. The van der Waals surface area contributed by atoms with Gasteiger partial charge in [0.15, 0.2) is 0 Å². The van der Waals surface area contributed by atoms with E-state index in [1.807, 2.05) is 0 Å². The third-order valence-corrected chi connectivity index (χ3v) is 3.74. The molecule has 76 valence electrons. The lowest BCUT2D eigenvalue weighted by Crippen LogP contribution is -2.31. The van der Waals surface area contributed by atoms with E-state index in [0.717, 1.165) is 19.4 Å². The van der Waals surface area contributed by atoms with Crippen LogP contribution >= 0.6 is 15.9 Å². The Balaban J connectivity index is 2.20. The summed E-state index contributed by atoms with van der Waals surface area (Å²) < 4.78 is 0. The smallest absolute Gasteiger partial charge is 0.223 e. The van der Waals surface area contributed by atoms with Crippen molar-refractivity contribution in [3.63, 3.8) is 0 Å². The third-order valence-electron chi connectivity index (χ3n) is 2.77. The average molecular weight is 248 g/mol. The molecule has 1 aliphatic rings. The minimum atomic E-state index is 0.225. The average Bonchev–Trinajstić information content (AvgIpc) is 2.70. The Morgan fingerprint density at radius 1 is 1.69 bits per heavy atom. The molecule has 0 aromatic heterocycles. The van der Waals surface area contributed by atoms with Gasteiger partial charge < -0.3 is 5.32 Å². The van der Waals surface area contributed by atoms with E-state index >= 15 is 0 Å². The van der Waals surface area contributed by atoms with Crippen LogP contribution in [0.2, 0.25) is 0 Å². The maximum Gasteiger partial charge on any atom is 0.223 e. The highest BCUT2D eigenvalue weighted by Gasteiger charge is 2.50. The van der Waals surface area contributed by atoms with E-state index in [1.54, 1.807) is 0 Å². The summed E-state index contributed by atoms with van der Waals surface area (Å²) in [4.78, 5) is 11.9. The van der Waals surface area contributed by atoms with E-state index in [9.17, 15) is 4.79 Å². The van der Waals surface area contributed by atoms with Gasteiger partial charge in [-0.1, -0.05) is 36.7 Å². The lowest BCUT2D eigenvalue weighted by Gasteiger charge is -2.09. The molecule has 1 amide bonds. The van der Waals surface area contributed by atoms with Gasteiger partial charge in [0.2, 0.25) is 5.91 Å². The third kappa shape index (κ3) is 2.97. The summed E-state index contributed by atoms with van der Waals surface area (Å²) in [6.07, 6.45) is 2.09. The van der Waals surface area contributed by atoms with Crippen molar-refractivity contribution < 1.29 is 4.79 Å². The summed E-state index contributed by atoms with van der Waals surface area (Å²) in [7, 11) is 0. The van der Waals surface area contributed by atoms with E-state index in [2.05, 4.69) is 42.0 Å². The normalized spacial score (nSPS) is 26.6. The SMILES string of the molecule is CCC(Br)CNC(=O)C1CC1(C)C. The summed E-state index contributed by atoms with van der Waals surface area (Å²) in [6, 6.07) is 0. The first-order valence-corrected chi connectivity index (χ1v) is 5.80. The molecule has 1 saturated carbocycles. The van der Waals surface area contributed by atoms with E-state index in [4.69, 9.17) is 0 Å². The maximum absolute atomic E-state index is 11.5. The Labute approximate surface area is 88.6 Å². The molecule has 13 heavy (non-hydrogen) atoms. The summed E-state index contributed by atoms with van der Waals surface area (Å²) >= 11 is 3.49. The zero-order valence-corrected chi connectivity index (χ0v) is 10.1. The number of nitrogens with one attached hydrogen (secondary N) is 1. The van der Waals surface area contributed by atoms with E-state index in [0.29, 0.717) is 4.83 Å². The molecule has 2 unspecified atom stereocenters. The molecule has 0 heterocycles. The van der Waals surface area contributed by atoms with Gasteiger partial charge in [0.1, 0.15) is 0 Å². The van der Waals surface area contributed by atoms with Crippen molar-refractivity contribution in [1.29, 1.82) is 0 Å². The molecule has 1 rings (SSSR count). The van der Waals surface area contributed by atoms with Gasteiger partial charge in [-0.15, -0.1) is 0 Å². The van der Waals surface area contributed by atoms with Crippen molar-refractivity contribution in [1.82, 2.24) is 5.32 Å². The topological polar surface area (TPSA) is 29.1 Å². The van der Waals surface area contributed by atoms with Crippen molar-refractivity contribution >= 4 is 21.8 Å². The minimum absolute atomic E-state index is 0.225. The zero-order valence-electron chi connectivity index (χ0n) is 8.56. The van der Waals surface area contributed by atoms with Gasteiger partial charge in [0.05, 0.1) is 0 Å². The van der Waals surface area contributed by atoms with Gasteiger partial charge in [0, 0.05) is 17.3 Å². The molecule has 1 fully saturated rings. The van der Waals surface area contributed by atoms with Crippen LogP contribution in [0.15, 0.2) is 0 Å². The van der Waals surface area contributed by atoms with Crippen molar-refractivity contribution in [3.8, 4) is 0 Å². The van der Waals surface area contributed by atoms with Gasteiger partial charge in [-0.05, 0) is 18.3 Å². The first-order valence-electron chi connectivity index (χ1n) is 4.89. The second kappa shape index (κ2) is 3.99. The van der Waals surface area contributed by atoms with Crippen LogP contribution in [0.4, 0.5) is 0 Å². The van der Waals surface area contributed by atoms with Gasteiger partial charge in [0.25, 0.3) is 0 Å². The van der Waals surface area contributed by atoms with Crippen LogP contribution in [0.25, 0.3) is 0 Å². The Morgan fingerprint density at radius 3 is 2.62 bits per heavy atom. The maximum atomic E-state index is 11.5. The zero-order chi connectivity index (χ0) is 10.1. The largest absolute Gasteiger partial charge is 0.355 e. The van der Waals surface area contributed by atoms with Crippen LogP contribution in [0.1, 0.15) is 33.6 Å². The second-order valence-electron chi connectivity index (χ2n) is 4.50. The number of carbonyl (C=O) groups excluding carboxylic acids is 1. The first kappa shape index (κ1) is 11.0. The van der Waals surface area contributed by atoms with Crippen molar-refractivity contribution in [3.05, 3.63) is 0 Å². The molecule has 0 aromatic carbocycles. The van der Waals surface area contributed by atoms with Gasteiger partial charge in [-0.3, -0.25) is 4.79 Å². The highest BCUT2D eigenvalue weighted by atomic mass is 79.9. The van der Waals surface area contributed by atoms with Crippen LogP contribution in [-0.2, 0) is 4.79 Å². The van der Waals surface area contributed by atoms with Gasteiger partial charge in [-0.2, -0.15) is 0 Å². The molecule has 0 aromatic rings. The summed E-state index contributed by atoms with van der Waals surface area (Å²) in [5.41, 5.74) is 0.248. The molecule has 0 spiro atoms. The molecule has 2 nitrogen and oxygen atoms in total. The number of hydrogen-bond acceptors (Lipinski definition) is 1. The van der Waals surface area contributed by atoms with Gasteiger partial charge >= 0.3 is 0 Å². The predicted octanol–water partition coefficient (Wildman–Crippen LogP) is 2.32. The highest BCUT2D eigenvalue weighted by Crippen LogP contribution is 2.51. The van der Waals surface area contributed by atoms with Crippen LogP contribution in [-0.4, -0.2) is 17.3 Å². The molecular formula is C10H18BrNO. The Hall–Kier alpha value is -0.0500. The van der Waals surface area contributed by atoms with Crippen LogP contribution in [0.5, 0.6) is 0 Å². The molecule has 2 atom stereocenters. The lowest BCUT2D eigenvalue weighted by molar-refractivity contribution is -0.122. The van der Waals surface area contributed by atoms with Crippen LogP contribution in [0.3, 0.4) is 0 Å². The number of carbonyl (C=O) groups is 1. The Morgan fingerprint density at radius 2 is 2.23 bits per heavy atom. The number of halogens is 1. The van der Waals surface area contributed by atoms with E-state index in [-0.39, 0.29) is 17.2 Å². The molecule has 1 aliphatic carbocycles. The predicted molar refractivity (Wildman–Crippen MR) is 57.9 cm³/mol. The monoisotopic (exact) mass is 247 g/mol. The molecular weight excluding hydrogens is 230 g/mol. The molecule has 3 heteroatoms. The lowest BCUT2D eigenvalue weighted by atomic mass is 10.1. The van der Waals surface area contributed by atoms with Crippen LogP contribution < -0.4 is 5.32 Å². The van der Waals surface area contributed by atoms with Crippen molar-refractivity contribution in [2.45, 2.75) is 38.4 Å². The Bertz CT molecular complexity index is 203. The number of alkyl halides is 1. The molecule has 0 saturated heterocycles. The number of hydrogen-bond donors (Lipinski definition) is 1. The first-order chi connectivity index (χ1) is 5.97. The highest BCUT2D eigenvalue weighted by molar-refractivity contribution is 9.09. The van der Waals surface area contributed by atoms with E-state index in [1.165, 1.54) is 0 Å². The van der Waals surface area contributed by atoms with E-state index < -0.39 is 0 Å². The molecule has 0 radical (unpaired) electrons. The number of rotatable bonds is 4. The molecule has 0 aliphatic heterocycles. The molecule has 0 bridgehead atoms. The number of amides is 1. The van der Waals surface area contributed by atoms with Crippen LogP contribution in [0, 0.1) is 11.3 Å². The second-order valence-corrected chi connectivity index (χ2v) is 5.79. The molecule has 1 N–H and O–H groups in total. The summed E-state index contributed by atoms with van der Waals surface area (Å²) in [6.45, 7) is 7.14. The van der Waals surface area contributed by atoms with Crippen molar-refractivity contribution in [2.75, 3.05) is 6.54 Å². The summed E-state index contributed by atoms with van der Waals surface area (Å²) in [5, 5.41) is 2.97. The summed E-state index contributed by atoms with van der Waals surface area (Å²) in [5.74, 6) is 0.479. The quantitative estimate of drug-likeness (QED) is 0.760. The van der Waals surface area contributed by atoms with Gasteiger partial charge in [-0.25, -0.2) is 0 Å². The standard InChI is InChI=1S/C10H18BrNO/c1-4-7(11)6-12-9(13)8-5-10(8,2)3/h7-8H,4-6H2,1-3H3,(H,12,13). The fourth-order valence-electron chi connectivity index (χ4n) is 1.39. The minimum Gasteiger partial charge on any atom is -0.355 e. The fraction of sp³-hybridized carbons (Fsp3) is 0.900. The fourth-order valence-corrected chi connectivity index (χ4v) is 1.56.